The maximum atomic E-state index is 5.66. The number of hydrogen-bond donors (Lipinski definition) is 0. The van der Waals surface area contributed by atoms with E-state index < -0.39 is 0 Å². The smallest absolute Gasteiger partial charge is 0.0872 e. The summed E-state index contributed by atoms with van der Waals surface area (Å²) in [6, 6.07) is 0. The molecule has 1 heterocycles. The molecule has 122 valence electrons. The molecule has 21 heavy (non-hydrogen) atoms. The van der Waals surface area contributed by atoms with Crippen LogP contribution in [-0.2, 0) is 4.74 Å². The number of likely N-dealkylation sites (N-methyl/N-ethyl adjacent to an activating group) is 1. The van der Waals surface area contributed by atoms with Crippen LogP contribution in [0.3, 0.4) is 0 Å². The third-order valence-corrected chi connectivity index (χ3v) is 4.21. The van der Waals surface area contributed by atoms with Crippen molar-refractivity contribution in [3.63, 3.8) is 0 Å². The third-order valence-electron chi connectivity index (χ3n) is 3.89. The average molecular weight is 313 g/mol. The molecule has 1 aliphatic heterocycles. The lowest BCUT2D eigenvalue weighted by molar-refractivity contribution is 0.160. The van der Waals surface area contributed by atoms with Gasteiger partial charge in [0.25, 0.3) is 0 Å². The van der Waals surface area contributed by atoms with E-state index in [1.165, 1.54) is 30.7 Å². The van der Waals surface area contributed by atoms with Crippen molar-refractivity contribution in [1.82, 2.24) is 9.80 Å². The molecule has 0 aromatic heterocycles. The van der Waals surface area contributed by atoms with Gasteiger partial charge in [-0.15, -0.1) is 0 Å². The van der Waals surface area contributed by atoms with Crippen LogP contribution in [-0.4, -0.2) is 61.6 Å². The molecule has 1 aliphatic rings. The van der Waals surface area contributed by atoms with Crippen LogP contribution in [0, 0.1) is 5.41 Å². The Morgan fingerprint density at radius 3 is 2.33 bits per heavy atom. The van der Waals surface area contributed by atoms with Crippen LogP contribution >= 0.6 is 12.2 Å². The lowest BCUT2D eigenvalue weighted by atomic mass is 9.82. The van der Waals surface area contributed by atoms with Gasteiger partial charge in [0.05, 0.1) is 13.2 Å². The Hall–Kier alpha value is -0.450. The molecule has 0 aromatic carbocycles. The molecule has 0 bridgehead atoms. The van der Waals surface area contributed by atoms with Crippen molar-refractivity contribution >= 4 is 17.1 Å². The van der Waals surface area contributed by atoms with E-state index >= 15 is 0 Å². The van der Waals surface area contributed by atoms with E-state index in [1.54, 1.807) is 0 Å². The fourth-order valence-electron chi connectivity index (χ4n) is 2.90. The van der Waals surface area contributed by atoms with Gasteiger partial charge >= 0.3 is 0 Å². The van der Waals surface area contributed by atoms with E-state index in [0.29, 0.717) is 13.2 Å². The predicted octanol–water partition coefficient (Wildman–Crippen LogP) is 3.35. The molecule has 0 radical (unpaired) electrons. The summed E-state index contributed by atoms with van der Waals surface area (Å²) in [5.74, 6) is 0. The van der Waals surface area contributed by atoms with Crippen LogP contribution in [0.25, 0.3) is 0 Å². The normalized spacial score (nSPS) is 16.8. The molecular weight excluding hydrogens is 280 g/mol. The van der Waals surface area contributed by atoms with Gasteiger partial charge in [-0.25, -0.2) is 0 Å². The number of thiocarbonyl (C=S) groups is 1. The molecule has 0 spiro atoms. The van der Waals surface area contributed by atoms with Crippen molar-refractivity contribution in [1.29, 1.82) is 0 Å². The van der Waals surface area contributed by atoms with Crippen LogP contribution in [0.4, 0.5) is 0 Å². The number of rotatable bonds is 7. The maximum absolute atomic E-state index is 5.66. The van der Waals surface area contributed by atoms with Gasteiger partial charge in [0.1, 0.15) is 0 Å². The van der Waals surface area contributed by atoms with Gasteiger partial charge in [-0.05, 0) is 44.0 Å². The highest BCUT2D eigenvalue weighted by molar-refractivity contribution is 7.81. The maximum Gasteiger partial charge on any atom is 0.0872 e. The van der Waals surface area contributed by atoms with Gasteiger partial charge in [0.2, 0.25) is 0 Å². The molecule has 4 heteroatoms. The molecule has 0 saturated carbocycles. The van der Waals surface area contributed by atoms with Gasteiger partial charge in [0, 0.05) is 24.2 Å². The Labute approximate surface area is 136 Å². The Morgan fingerprint density at radius 1 is 1.10 bits per heavy atom. The van der Waals surface area contributed by atoms with E-state index in [9.17, 15) is 0 Å². The Kier molecular flexibility index (Phi) is 7.31. The van der Waals surface area contributed by atoms with E-state index in [4.69, 9.17) is 17.0 Å². The summed E-state index contributed by atoms with van der Waals surface area (Å²) in [4.78, 5) is 5.71. The van der Waals surface area contributed by atoms with E-state index in [0.717, 1.165) is 18.0 Å². The van der Waals surface area contributed by atoms with E-state index in [2.05, 4.69) is 51.6 Å². The number of hydrogen-bond acceptors (Lipinski definition) is 4. The van der Waals surface area contributed by atoms with Crippen molar-refractivity contribution in [3.8, 4) is 0 Å². The molecule has 0 fully saturated rings. The van der Waals surface area contributed by atoms with E-state index in [-0.39, 0.29) is 5.41 Å². The quantitative estimate of drug-likeness (QED) is 0.670. The standard InChI is InChI=1S/C17H32N2OS/c1-7-9-18(5)10-8-11-19(6)14-12-20-13-15(21)16(14)17(2,3)4/h7-13H2,1-6H3. The zero-order valence-corrected chi connectivity index (χ0v) is 15.5. The number of nitrogens with zero attached hydrogens (tertiary/aromatic N) is 2. The Bertz CT molecular complexity index is 385. The molecule has 0 aromatic rings. The van der Waals surface area contributed by atoms with Gasteiger partial charge in [-0.2, -0.15) is 0 Å². The second-order valence-corrected chi connectivity index (χ2v) is 7.56. The van der Waals surface area contributed by atoms with Crippen LogP contribution in [0.5, 0.6) is 0 Å². The molecule has 0 amide bonds. The molecule has 0 atom stereocenters. The van der Waals surface area contributed by atoms with Crippen molar-refractivity contribution < 1.29 is 4.74 Å². The molecule has 0 unspecified atom stereocenters. The minimum absolute atomic E-state index is 0.0868. The summed E-state index contributed by atoms with van der Waals surface area (Å²) >= 11 is 5.54. The second kappa shape index (κ2) is 8.25. The molecule has 3 nitrogen and oxygen atoms in total. The summed E-state index contributed by atoms with van der Waals surface area (Å²) < 4.78 is 5.66. The molecular formula is C17H32N2OS. The highest BCUT2D eigenvalue weighted by atomic mass is 32.1. The fraction of sp³-hybridized carbons (Fsp3) is 0.824. The monoisotopic (exact) mass is 312 g/mol. The summed E-state index contributed by atoms with van der Waals surface area (Å²) in [6.45, 7) is 13.6. The molecule has 1 rings (SSSR count). The first-order chi connectivity index (χ1) is 9.77. The van der Waals surface area contributed by atoms with Crippen molar-refractivity contribution in [2.75, 3.05) is 46.9 Å². The molecule has 0 saturated heterocycles. The van der Waals surface area contributed by atoms with Gasteiger partial charge in [0.15, 0.2) is 0 Å². The summed E-state index contributed by atoms with van der Waals surface area (Å²) in [5.41, 5.74) is 2.67. The van der Waals surface area contributed by atoms with Crippen LogP contribution in [0.1, 0.15) is 40.5 Å². The Balaban J connectivity index is 2.69. The Morgan fingerprint density at radius 2 is 1.76 bits per heavy atom. The van der Waals surface area contributed by atoms with Gasteiger partial charge in [-0.1, -0.05) is 39.9 Å². The highest BCUT2D eigenvalue weighted by Gasteiger charge is 2.29. The minimum atomic E-state index is 0.0868. The number of ether oxygens (including phenoxy) is 1. The minimum Gasteiger partial charge on any atom is -0.376 e. The average Bonchev–Trinajstić information content (AvgIpc) is 2.37. The highest BCUT2D eigenvalue weighted by Crippen LogP contribution is 2.33. The third kappa shape index (κ3) is 5.68. The van der Waals surface area contributed by atoms with Crippen LogP contribution in [0.15, 0.2) is 11.3 Å². The lowest BCUT2D eigenvalue weighted by Gasteiger charge is -2.35. The van der Waals surface area contributed by atoms with Crippen molar-refractivity contribution in [3.05, 3.63) is 11.3 Å². The van der Waals surface area contributed by atoms with Crippen LogP contribution in [0.2, 0.25) is 0 Å². The zero-order valence-electron chi connectivity index (χ0n) is 14.7. The zero-order chi connectivity index (χ0) is 16.0. The first-order valence-corrected chi connectivity index (χ1v) is 8.42. The van der Waals surface area contributed by atoms with Crippen LogP contribution < -0.4 is 0 Å². The fourth-order valence-corrected chi connectivity index (χ4v) is 3.41. The first kappa shape index (κ1) is 18.6. The SMILES string of the molecule is CCCN(C)CCCN(C)C1=C(C(C)(C)C)C(=S)COC1. The van der Waals surface area contributed by atoms with Crippen molar-refractivity contribution in [2.45, 2.75) is 40.5 Å². The van der Waals surface area contributed by atoms with Gasteiger partial charge < -0.3 is 14.5 Å². The topological polar surface area (TPSA) is 15.7 Å². The first-order valence-electron chi connectivity index (χ1n) is 8.01. The second-order valence-electron chi connectivity index (χ2n) is 7.07. The van der Waals surface area contributed by atoms with E-state index in [1.807, 2.05) is 0 Å². The lowest BCUT2D eigenvalue weighted by Crippen LogP contribution is -2.36. The molecule has 0 N–H and O–H groups in total. The summed E-state index contributed by atoms with van der Waals surface area (Å²) in [5, 5.41) is 0. The predicted molar refractivity (Wildman–Crippen MR) is 94.9 cm³/mol. The van der Waals surface area contributed by atoms with Gasteiger partial charge in [-0.3, -0.25) is 0 Å². The van der Waals surface area contributed by atoms with Crippen molar-refractivity contribution in [2.24, 2.45) is 5.41 Å². The molecule has 0 aliphatic carbocycles. The summed E-state index contributed by atoms with van der Waals surface area (Å²) in [7, 11) is 4.36. The largest absolute Gasteiger partial charge is 0.376 e. The summed E-state index contributed by atoms with van der Waals surface area (Å²) in [6.07, 6.45) is 2.38.